The molecule has 2 aromatic carbocycles. The third kappa shape index (κ3) is 6.19. The molecule has 2 rings (SSSR count). The molecule has 4 N–H and O–H groups in total. The van der Waals surface area contributed by atoms with Gasteiger partial charge in [-0.1, -0.05) is 29.8 Å². The lowest BCUT2D eigenvalue weighted by Gasteiger charge is -2.11. The van der Waals surface area contributed by atoms with Crippen molar-refractivity contribution in [3.05, 3.63) is 65.5 Å². The number of aryl methyl sites for hydroxylation is 1. The van der Waals surface area contributed by atoms with E-state index in [-0.39, 0.29) is 10.9 Å². The molecule has 0 radical (unpaired) electrons. The van der Waals surface area contributed by atoms with E-state index in [1.807, 2.05) is 19.1 Å². The van der Waals surface area contributed by atoms with Crippen molar-refractivity contribution in [2.45, 2.75) is 13.5 Å². The molecule has 6 nitrogen and oxygen atoms in total. The highest BCUT2D eigenvalue weighted by Crippen LogP contribution is 2.08. The second-order valence-electron chi connectivity index (χ2n) is 5.21. The van der Waals surface area contributed by atoms with Crippen LogP contribution in [-0.2, 0) is 16.1 Å². The highest BCUT2D eigenvalue weighted by atomic mass is 32.1. The number of amides is 2. The average Bonchev–Trinajstić information content (AvgIpc) is 2.61. The van der Waals surface area contributed by atoms with E-state index in [0.29, 0.717) is 12.2 Å². The number of carbonyl (C=O) groups is 2. The molecule has 25 heavy (non-hydrogen) atoms. The van der Waals surface area contributed by atoms with Gasteiger partial charge in [0, 0.05) is 12.2 Å². The molecule has 2 amide bonds. The van der Waals surface area contributed by atoms with Gasteiger partial charge in [0.1, 0.15) is 5.82 Å². The SMILES string of the molecule is Cc1ccc(NC(=O)C(=O)NNC(=S)NCc2ccc(F)cc2)cc1. The summed E-state index contributed by atoms with van der Waals surface area (Å²) in [6.07, 6.45) is 0. The lowest BCUT2D eigenvalue weighted by molar-refractivity contribution is -0.136. The van der Waals surface area contributed by atoms with Crippen molar-refractivity contribution in [2.24, 2.45) is 0 Å². The number of thiocarbonyl (C=S) groups is 1. The first-order valence-electron chi connectivity index (χ1n) is 7.40. The van der Waals surface area contributed by atoms with Gasteiger partial charge in [-0.25, -0.2) is 4.39 Å². The Bertz CT molecular complexity index is 763. The molecule has 0 unspecified atom stereocenters. The van der Waals surface area contributed by atoms with Crippen molar-refractivity contribution < 1.29 is 14.0 Å². The van der Waals surface area contributed by atoms with E-state index in [0.717, 1.165) is 11.1 Å². The third-order valence-corrected chi connectivity index (χ3v) is 3.42. The van der Waals surface area contributed by atoms with E-state index in [2.05, 4.69) is 21.5 Å². The second kappa shape index (κ2) is 8.74. The first kappa shape index (κ1) is 18.3. The number of benzene rings is 2. The zero-order valence-corrected chi connectivity index (χ0v) is 14.2. The summed E-state index contributed by atoms with van der Waals surface area (Å²) < 4.78 is 12.8. The number of hydrogen-bond acceptors (Lipinski definition) is 3. The largest absolute Gasteiger partial charge is 0.357 e. The van der Waals surface area contributed by atoms with Gasteiger partial charge >= 0.3 is 11.8 Å². The third-order valence-electron chi connectivity index (χ3n) is 3.17. The second-order valence-corrected chi connectivity index (χ2v) is 5.62. The van der Waals surface area contributed by atoms with Gasteiger partial charge in [0.15, 0.2) is 5.11 Å². The summed E-state index contributed by atoms with van der Waals surface area (Å²) in [6, 6.07) is 12.9. The van der Waals surface area contributed by atoms with Crippen molar-refractivity contribution in [1.82, 2.24) is 16.2 Å². The van der Waals surface area contributed by atoms with Crippen LogP contribution in [0.1, 0.15) is 11.1 Å². The van der Waals surface area contributed by atoms with Crippen LogP contribution in [-0.4, -0.2) is 16.9 Å². The fourth-order valence-electron chi connectivity index (χ4n) is 1.82. The molecular formula is C17H17FN4O2S. The van der Waals surface area contributed by atoms with Crippen LogP contribution in [0.3, 0.4) is 0 Å². The lowest BCUT2D eigenvalue weighted by atomic mass is 10.2. The molecule has 2 aromatic rings. The van der Waals surface area contributed by atoms with Crippen LogP contribution in [0, 0.1) is 12.7 Å². The molecular weight excluding hydrogens is 343 g/mol. The summed E-state index contributed by atoms with van der Waals surface area (Å²) >= 11 is 4.99. The van der Waals surface area contributed by atoms with E-state index < -0.39 is 11.8 Å². The average molecular weight is 360 g/mol. The Labute approximate surface area is 149 Å². The Hall–Kier alpha value is -3.00. The number of halogens is 1. The molecule has 0 aliphatic carbocycles. The summed E-state index contributed by atoms with van der Waals surface area (Å²) in [4.78, 5) is 23.5. The van der Waals surface area contributed by atoms with Crippen LogP contribution in [0.25, 0.3) is 0 Å². The Morgan fingerprint density at radius 3 is 2.24 bits per heavy atom. The molecule has 0 saturated carbocycles. The van der Waals surface area contributed by atoms with E-state index >= 15 is 0 Å². The summed E-state index contributed by atoms with van der Waals surface area (Å²) in [5.41, 5.74) is 6.99. The van der Waals surface area contributed by atoms with Crippen molar-refractivity contribution in [3.8, 4) is 0 Å². The smallest absolute Gasteiger partial charge is 0.328 e. The molecule has 0 spiro atoms. The first-order valence-corrected chi connectivity index (χ1v) is 7.81. The normalized spacial score (nSPS) is 9.84. The maximum Gasteiger partial charge on any atom is 0.328 e. The Morgan fingerprint density at radius 1 is 0.960 bits per heavy atom. The van der Waals surface area contributed by atoms with Crippen LogP contribution in [0.15, 0.2) is 48.5 Å². The number of hydrogen-bond donors (Lipinski definition) is 4. The standard InChI is InChI=1S/C17H17FN4O2S/c1-11-2-8-14(9-3-11)20-15(23)16(24)21-22-17(25)19-10-12-4-6-13(18)7-5-12/h2-9H,10H2,1H3,(H,20,23)(H,21,24)(H2,19,22,25). The molecule has 0 atom stereocenters. The number of anilines is 1. The lowest BCUT2D eigenvalue weighted by Crippen LogP contribution is -2.49. The Kier molecular flexibility index (Phi) is 6.41. The number of nitrogens with one attached hydrogen (secondary N) is 4. The van der Waals surface area contributed by atoms with Gasteiger partial charge < -0.3 is 10.6 Å². The highest BCUT2D eigenvalue weighted by Gasteiger charge is 2.13. The number of hydrazine groups is 1. The maximum absolute atomic E-state index is 12.8. The van der Waals surface area contributed by atoms with E-state index in [9.17, 15) is 14.0 Å². The highest BCUT2D eigenvalue weighted by molar-refractivity contribution is 7.80. The molecule has 0 aromatic heterocycles. The van der Waals surface area contributed by atoms with Gasteiger partial charge in [0.05, 0.1) is 0 Å². The molecule has 0 bridgehead atoms. The fraction of sp³-hybridized carbons (Fsp3) is 0.118. The predicted molar refractivity (Wildman–Crippen MR) is 96.9 cm³/mol. The Balaban J connectivity index is 1.72. The predicted octanol–water partition coefficient (Wildman–Crippen LogP) is 1.77. The number of carbonyl (C=O) groups excluding carboxylic acids is 2. The van der Waals surface area contributed by atoms with E-state index in [4.69, 9.17) is 12.2 Å². The fourth-order valence-corrected chi connectivity index (χ4v) is 1.95. The molecule has 0 aliphatic heterocycles. The summed E-state index contributed by atoms with van der Waals surface area (Å²) in [5, 5.41) is 5.41. The van der Waals surface area contributed by atoms with Crippen molar-refractivity contribution in [3.63, 3.8) is 0 Å². The minimum absolute atomic E-state index is 0.126. The van der Waals surface area contributed by atoms with E-state index in [1.54, 1.807) is 24.3 Å². The maximum atomic E-state index is 12.8. The van der Waals surface area contributed by atoms with Gasteiger partial charge in [-0.15, -0.1) is 0 Å². The van der Waals surface area contributed by atoms with Crippen LogP contribution in [0.5, 0.6) is 0 Å². The molecule has 0 heterocycles. The summed E-state index contributed by atoms with van der Waals surface area (Å²) in [5.74, 6) is -2.03. The summed E-state index contributed by atoms with van der Waals surface area (Å²) in [7, 11) is 0. The number of rotatable bonds is 3. The monoisotopic (exact) mass is 360 g/mol. The van der Waals surface area contributed by atoms with Gasteiger partial charge in [0.2, 0.25) is 0 Å². The zero-order valence-electron chi connectivity index (χ0n) is 13.4. The molecule has 130 valence electrons. The van der Waals surface area contributed by atoms with Crippen LogP contribution in [0.4, 0.5) is 10.1 Å². The van der Waals surface area contributed by atoms with Crippen molar-refractivity contribution in [1.29, 1.82) is 0 Å². The molecule has 0 fully saturated rings. The molecule has 0 aliphatic rings. The summed E-state index contributed by atoms with van der Waals surface area (Å²) in [6.45, 7) is 2.26. The molecule has 8 heteroatoms. The van der Waals surface area contributed by atoms with Crippen LogP contribution >= 0.6 is 12.2 Å². The quantitative estimate of drug-likeness (QED) is 0.381. The minimum atomic E-state index is -0.883. The Morgan fingerprint density at radius 2 is 1.60 bits per heavy atom. The van der Waals surface area contributed by atoms with E-state index in [1.165, 1.54) is 12.1 Å². The zero-order chi connectivity index (χ0) is 18.2. The van der Waals surface area contributed by atoms with Gasteiger partial charge in [-0.05, 0) is 49.0 Å². The van der Waals surface area contributed by atoms with Crippen LogP contribution < -0.4 is 21.5 Å². The molecule has 0 saturated heterocycles. The van der Waals surface area contributed by atoms with Gasteiger partial charge in [0.25, 0.3) is 0 Å². The van der Waals surface area contributed by atoms with Crippen molar-refractivity contribution in [2.75, 3.05) is 5.32 Å². The van der Waals surface area contributed by atoms with Crippen LogP contribution in [0.2, 0.25) is 0 Å². The topological polar surface area (TPSA) is 82.3 Å². The van der Waals surface area contributed by atoms with Gasteiger partial charge in [-0.3, -0.25) is 20.4 Å². The first-order chi connectivity index (χ1) is 11.9. The minimum Gasteiger partial charge on any atom is -0.357 e. The van der Waals surface area contributed by atoms with Gasteiger partial charge in [-0.2, -0.15) is 0 Å². The van der Waals surface area contributed by atoms with Crippen molar-refractivity contribution >= 4 is 34.8 Å².